The second-order valence-corrected chi connectivity index (χ2v) is 6.19. The van der Waals surface area contributed by atoms with Crippen molar-refractivity contribution in [3.8, 4) is 5.75 Å². The van der Waals surface area contributed by atoms with Crippen LogP contribution < -0.4 is 5.32 Å². The molecule has 3 nitrogen and oxygen atoms in total. The molecule has 0 spiro atoms. The molecule has 2 aliphatic rings. The molecular formula is C15H22N2O. The Kier molecular flexibility index (Phi) is 2.83. The first-order valence-electron chi connectivity index (χ1n) is 6.81. The number of likely N-dealkylation sites (tertiary alicyclic amines) is 1. The fourth-order valence-electron chi connectivity index (χ4n) is 3.62. The summed E-state index contributed by atoms with van der Waals surface area (Å²) >= 11 is 0. The summed E-state index contributed by atoms with van der Waals surface area (Å²) < 4.78 is 0. The number of nitrogens with one attached hydrogen (secondary N) is 1. The maximum atomic E-state index is 9.91. The summed E-state index contributed by atoms with van der Waals surface area (Å²) in [4.78, 5) is 2.53. The van der Waals surface area contributed by atoms with Gasteiger partial charge in [0, 0.05) is 30.7 Å². The minimum Gasteiger partial charge on any atom is -0.508 e. The summed E-state index contributed by atoms with van der Waals surface area (Å²) in [6.07, 6.45) is 0. The molecule has 0 bridgehead atoms. The van der Waals surface area contributed by atoms with Gasteiger partial charge < -0.3 is 10.4 Å². The number of nitrogens with zero attached hydrogens (tertiary/aromatic N) is 1. The molecule has 0 aromatic heterocycles. The molecule has 0 amide bonds. The molecule has 2 unspecified atom stereocenters. The van der Waals surface area contributed by atoms with E-state index < -0.39 is 0 Å². The molecule has 2 N–H and O–H groups in total. The highest BCUT2D eigenvalue weighted by atomic mass is 16.3. The summed E-state index contributed by atoms with van der Waals surface area (Å²) in [5.74, 6) is 1.93. The maximum absolute atomic E-state index is 9.91. The third-order valence-electron chi connectivity index (χ3n) is 4.87. The van der Waals surface area contributed by atoms with Crippen LogP contribution >= 0.6 is 0 Å². The lowest BCUT2D eigenvalue weighted by atomic mass is 9.85. The highest BCUT2D eigenvalue weighted by molar-refractivity contribution is 5.32. The van der Waals surface area contributed by atoms with Crippen molar-refractivity contribution in [3.63, 3.8) is 0 Å². The third-order valence-corrected chi connectivity index (χ3v) is 4.87. The van der Waals surface area contributed by atoms with Crippen LogP contribution in [0, 0.1) is 11.8 Å². The van der Waals surface area contributed by atoms with Crippen LogP contribution in [0.1, 0.15) is 19.4 Å². The van der Waals surface area contributed by atoms with E-state index in [0.717, 1.165) is 43.6 Å². The molecule has 1 aromatic carbocycles. The van der Waals surface area contributed by atoms with Crippen molar-refractivity contribution in [1.29, 1.82) is 0 Å². The quantitative estimate of drug-likeness (QED) is 0.835. The van der Waals surface area contributed by atoms with Crippen LogP contribution in [0.2, 0.25) is 0 Å². The molecule has 2 aliphatic heterocycles. The lowest BCUT2D eigenvalue weighted by molar-refractivity contribution is 0.131. The topological polar surface area (TPSA) is 35.5 Å². The van der Waals surface area contributed by atoms with Crippen molar-refractivity contribution in [1.82, 2.24) is 10.2 Å². The highest BCUT2D eigenvalue weighted by Gasteiger charge is 2.49. The highest BCUT2D eigenvalue weighted by Crippen LogP contribution is 2.41. The van der Waals surface area contributed by atoms with Crippen LogP contribution in [0.25, 0.3) is 0 Å². The van der Waals surface area contributed by atoms with Gasteiger partial charge in [-0.15, -0.1) is 0 Å². The minimum absolute atomic E-state index is 0.219. The van der Waals surface area contributed by atoms with Crippen LogP contribution in [0.15, 0.2) is 24.3 Å². The van der Waals surface area contributed by atoms with Gasteiger partial charge in [-0.1, -0.05) is 18.2 Å². The standard InChI is InChI=1S/C15H22N2O/c1-15(2)13-8-16-7-12(13)10-17(15)9-11-5-3-4-6-14(11)18/h3-6,12-13,16,18H,7-10H2,1-2H3. The van der Waals surface area contributed by atoms with E-state index in [1.54, 1.807) is 6.07 Å². The summed E-state index contributed by atoms with van der Waals surface area (Å²) in [6, 6.07) is 7.69. The van der Waals surface area contributed by atoms with E-state index in [1.165, 1.54) is 0 Å². The Morgan fingerprint density at radius 2 is 2.11 bits per heavy atom. The number of hydrogen-bond donors (Lipinski definition) is 2. The SMILES string of the molecule is CC1(C)C2CNCC2CN1Cc1ccccc1O. The number of rotatable bonds is 2. The number of phenols is 1. The van der Waals surface area contributed by atoms with Gasteiger partial charge in [-0.2, -0.15) is 0 Å². The number of fused-ring (bicyclic) bond motifs is 1. The average Bonchev–Trinajstić information content (AvgIpc) is 2.87. The van der Waals surface area contributed by atoms with Gasteiger partial charge in [-0.05, 0) is 38.3 Å². The van der Waals surface area contributed by atoms with E-state index >= 15 is 0 Å². The Hall–Kier alpha value is -1.06. The van der Waals surface area contributed by atoms with Crippen LogP contribution in [-0.4, -0.2) is 35.2 Å². The normalized spacial score (nSPS) is 30.6. The van der Waals surface area contributed by atoms with E-state index in [1.807, 2.05) is 18.2 Å². The predicted molar refractivity (Wildman–Crippen MR) is 72.4 cm³/mol. The zero-order valence-corrected chi connectivity index (χ0v) is 11.2. The van der Waals surface area contributed by atoms with Crippen molar-refractivity contribution < 1.29 is 5.11 Å². The number of aromatic hydroxyl groups is 1. The third kappa shape index (κ3) is 1.82. The summed E-state index contributed by atoms with van der Waals surface area (Å²) in [6.45, 7) is 8.95. The minimum atomic E-state index is 0.219. The van der Waals surface area contributed by atoms with Crippen molar-refractivity contribution in [2.75, 3.05) is 19.6 Å². The molecule has 2 atom stereocenters. The van der Waals surface area contributed by atoms with E-state index in [4.69, 9.17) is 0 Å². The average molecular weight is 246 g/mol. The Balaban J connectivity index is 1.80. The van der Waals surface area contributed by atoms with E-state index in [9.17, 15) is 5.11 Å². The predicted octanol–water partition coefficient (Wildman–Crippen LogP) is 1.82. The monoisotopic (exact) mass is 246 g/mol. The zero-order chi connectivity index (χ0) is 12.8. The smallest absolute Gasteiger partial charge is 0.120 e. The Bertz CT molecular complexity index is 444. The lowest BCUT2D eigenvalue weighted by Gasteiger charge is -2.35. The van der Waals surface area contributed by atoms with Gasteiger partial charge in [0.2, 0.25) is 0 Å². The largest absolute Gasteiger partial charge is 0.508 e. The number of para-hydroxylation sites is 1. The molecule has 0 aliphatic carbocycles. The first-order chi connectivity index (χ1) is 8.59. The van der Waals surface area contributed by atoms with Crippen molar-refractivity contribution in [3.05, 3.63) is 29.8 Å². The van der Waals surface area contributed by atoms with Gasteiger partial charge in [0.1, 0.15) is 5.75 Å². The molecule has 0 radical (unpaired) electrons. The van der Waals surface area contributed by atoms with Gasteiger partial charge >= 0.3 is 0 Å². The van der Waals surface area contributed by atoms with Crippen LogP contribution in [0.5, 0.6) is 5.75 Å². The summed E-state index contributed by atoms with van der Waals surface area (Å²) in [5.41, 5.74) is 1.26. The van der Waals surface area contributed by atoms with Crippen LogP contribution in [0.4, 0.5) is 0 Å². The fourth-order valence-corrected chi connectivity index (χ4v) is 3.62. The van der Waals surface area contributed by atoms with E-state index in [2.05, 4.69) is 24.1 Å². The molecule has 1 aromatic rings. The van der Waals surface area contributed by atoms with Gasteiger partial charge in [0.25, 0.3) is 0 Å². The zero-order valence-electron chi connectivity index (χ0n) is 11.2. The number of phenolic OH excluding ortho intramolecular Hbond substituents is 1. The molecule has 3 heteroatoms. The summed E-state index contributed by atoms with van der Waals surface area (Å²) in [5, 5.41) is 13.4. The van der Waals surface area contributed by atoms with Gasteiger partial charge in [0.15, 0.2) is 0 Å². The molecular weight excluding hydrogens is 224 g/mol. The Morgan fingerprint density at radius 3 is 2.83 bits per heavy atom. The Morgan fingerprint density at radius 1 is 1.33 bits per heavy atom. The summed E-state index contributed by atoms with van der Waals surface area (Å²) in [7, 11) is 0. The molecule has 2 saturated heterocycles. The van der Waals surface area contributed by atoms with Crippen molar-refractivity contribution >= 4 is 0 Å². The van der Waals surface area contributed by atoms with Crippen LogP contribution in [-0.2, 0) is 6.54 Å². The first kappa shape index (κ1) is 12.0. The first-order valence-corrected chi connectivity index (χ1v) is 6.81. The van der Waals surface area contributed by atoms with E-state index in [0.29, 0.717) is 5.75 Å². The van der Waals surface area contributed by atoms with E-state index in [-0.39, 0.29) is 5.54 Å². The Labute approximate surface area is 109 Å². The lowest BCUT2D eigenvalue weighted by Crippen LogP contribution is -2.43. The van der Waals surface area contributed by atoms with Gasteiger partial charge in [-0.25, -0.2) is 0 Å². The second kappa shape index (κ2) is 4.25. The maximum Gasteiger partial charge on any atom is 0.120 e. The second-order valence-electron chi connectivity index (χ2n) is 6.19. The van der Waals surface area contributed by atoms with Crippen LogP contribution in [0.3, 0.4) is 0 Å². The van der Waals surface area contributed by atoms with Crippen molar-refractivity contribution in [2.45, 2.75) is 25.9 Å². The molecule has 0 saturated carbocycles. The number of hydrogen-bond acceptors (Lipinski definition) is 3. The molecule has 2 heterocycles. The fraction of sp³-hybridized carbons (Fsp3) is 0.600. The van der Waals surface area contributed by atoms with Gasteiger partial charge in [0.05, 0.1) is 0 Å². The molecule has 2 fully saturated rings. The van der Waals surface area contributed by atoms with Crippen molar-refractivity contribution in [2.24, 2.45) is 11.8 Å². The molecule has 3 rings (SSSR count). The molecule has 98 valence electrons. The van der Waals surface area contributed by atoms with Gasteiger partial charge in [-0.3, -0.25) is 4.90 Å². The number of benzene rings is 1. The molecule has 18 heavy (non-hydrogen) atoms.